The number of hydrogen-bond acceptors (Lipinski definition) is 0. The lowest BCUT2D eigenvalue weighted by atomic mass is 9.83. The summed E-state index contributed by atoms with van der Waals surface area (Å²) in [6.45, 7) is 0. The second-order valence-electron chi connectivity index (χ2n) is 26.5. The minimum Gasteiger partial charge on any atom is -0.0622 e. The second-order valence-corrected chi connectivity index (χ2v) is 26.5. The van der Waals surface area contributed by atoms with Crippen LogP contribution in [-0.4, -0.2) is 0 Å². The SMILES string of the molecule is c1ccc(-c2cc(-c3ccccc3)cc(-c3c4ccccc4c(-c4ccc5ccc(-c6cccc7ccccc67)cc5c4)c4ccccc34)c2)cc1.c1ccc2cc(-c3ccc4ccc(-c5c6ccccc6c(-c6cc7ccccc7c7ccccc67)c6ccccc56)cc4c3)ccc2c1. The summed E-state index contributed by atoms with van der Waals surface area (Å²) in [5, 5.41) is 25.3. The third-order valence-corrected chi connectivity index (χ3v) is 20.8. The van der Waals surface area contributed by atoms with Crippen molar-refractivity contribution in [2.24, 2.45) is 0 Å². The zero-order valence-corrected chi connectivity index (χ0v) is 55.0. The lowest BCUT2D eigenvalue weighted by Crippen LogP contribution is -1.92. The van der Waals surface area contributed by atoms with Crippen LogP contribution in [0.5, 0.6) is 0 Å². The van der Waals surface area contributed by atoms with E-state index in [9.17, 15) is 0 Å². The van der Waals surface area contributed by atoms with E-state index in [0.29, 0.717) is 0 Å². The Kier molecular flexibility index (Phi) is 14.3. The highest BCUT2D eigenvalue weighted by atomic mass is 14.3. The van der Waals surface area contributed by atoms with E-state index >= 15 is 0 Å². The molecule has 0 radical (unpaired) electrons. The van der Waals surface area contributed by atoms with Crippen molar-refractivity contribution in [3.05, 3.63) is 388 Å². The van der Waals surface area contributed by atoms with E-state index in [-0.39, 0.29) is 0 Å². The Morgan fingerprint density at radius 3 is 0.930 bits per heavy atom. The third kappa shape index (κ3) is 10.2. The number of benzene rings is 20. The minimum atomic E-state index is 1.21. The summed E-state index contributed by atoms with van der Waals surface area (Å²) in [4.78, 5) is 0. The molecule has 0 spiro atoms. The van der Waals surface area contributed by atoms with E-state index in [1.165, 1.54) is 197 Å². The summed E-state index contributed by atoms with van der Waals surface area (Å²) in [7, 11) is 0. The number of rotatable bonds is 8. The molecule has 0 N–H and O–H groups in total. The van der Waals surface area contributed by atoms with Crippen LogP contribution in [0.2, 0.25) is 0 Å². The van der Waals surface area contributed by atoms with Crippen LogP contribution in [0, 0.1) is 0 Å². The van der Waals surface area contributed by atoms with Crippen LogP contribution in [0.1, 0.15) is 0 Å². The molecular weight excluding hydrogens is 1200 g/mol. The summed E-state index contributed by atoms with van der Waals surface area (Å²) >= 11 is 0. The lowest BCUT2D eigenvalue weighted by molar-refractivity contribution is 1.58. The topological polar surface area (TPSA) is 0 Å². The molecule has 20 rings (SSSR count). The highest BCUT2D eigenvalue weighted by Crippen LogP contribution is 2.49. The molecule has 0 fully saturated rings. The summed E-state index contributed by atoms with van der Waals surface area (Å²) in [5.41, 5.74) is 19.9. The van der Waals surface area contributed by atoms with Gasteiger partial charge in [0, 0.05) is 0 Å². The molecule has 0 aliphatic carbocycles. The number of fused-ring (bicyclic) bond motifs is 11. The fourth-order valence-corrected chi connectivity index (χ4v) is 16.1. The molecule has 100 heavy (non-hydrogen) atoms. The second kappa shape index (κ2) is 24.6. The van der Waals surface area contributed by atoms with Gasteiger partial charge in [-0.3, -0.25) is 0 Å². The van der Waals surface area contributed by atoms with Crippen molar-refractivity contribution >= 4 is 108 Å². The molecule has 0 aromatic heterocycles. The summed E-state index contributed by atoms with van der Waals surface area (Å²) in [6, 6.07) is 143. The maximum atomic E-state index is 2.40. The van der Waals surface area contributed by atoms with E-state index in [1.54, 1.807) is 0 Å². The van der Waals surface area contributed by atoms with E-state index in [1.807, 2.05) is 0 Å². The van der Waals surface area contributed by atoms with Gasteiger partial charge in [-0.05, 0) is 251 Å². The number of hydrogen-bond donors (Lipinski definition) is 0. The van der Waals surface area contributed by atoms with Crippen molar-refractivity contribution in [3.8, 4) is 89.0 Å². The average Bonchev–Trinajstić information content (AvgIpc) is 0.730. The van der Waals surface area contributed by atoms with Gasteiger partial charge in [-0.25, -0.2) is 0 Å². The molecule has 464 valence electrons. The van der Waals surface area contributed by atoms with Crippen molar-refractivity contribution in [1.29, 1.82) is 0 Å². The van der Waals surface area contributed by atoms with Crippen LogP contribution in [0.3, 0.4) is 0 Å². The Morgan fingerprint density at radius 2 is 0.420 bits per heavy atom. The predicted octanol–water partition coefficient (Wildman–Crippen LogP) is 28.2. The van der Waals surface area contributed by atoms with Crippen molar-refractivity contribution < 1.29 is 0 Å². The van der Waals surface area contributed by atoms with Gasteiger partial charge in [0.2, 0.25) is 0 Å². The van der Waals surface area contributed by atoms with Crippen LogP contribution < -0.4 is 0 Å². The van der Waals surface area contributed by atoms with Gasteiger partial charge in [-0.1, -0.05) is 334 Å². The van der Waals surface area contributed by atoms with Crippen LogP contribution in [0.4, 0.5) is 0 Å². The van der Waals surface area contributed by atoms with Crippen LogP contribution in [0.15, 0.2) is 388 Å². The van der Waals surface area contributed by atoms with Gasteiger partial charge in [0.25, 0.3) is 0 Å². The molecule has 0 heterocycles. The zero-order valence-electron chi connectivity index (χ0n) is 55.0. The van der Waals surface area contributed by atoms with E-state index < -0.39 is 0 Å². The Morgan fingerprint density at radius 1 is 0.100 bits per heavy atom. The summed E-state index contributed by atoms with van der Waals surface area (Å²) in [5.74, 6) is 0. The quantitative estimate of drug-likeness (QED) is 0.105. The fraction of sp³-hybridized carbons (Fsp3) is 0. The molecule has 0 heteroatoms. The largest absolute Gasteiger partial charge is 0.0622 e. The molecule has 20 aromatic carbocycles. The first-order chi connectivity index (χ1) is 49.6. The van der Waals surface area contributed by atoms with Crippen molar-refractivity contribution in [1.82, 2.24) is 0 Å². The van der Waals surface area contributed by atoms with Gasteiger partial charge in [0.1, 0.15) is 0 Å². The molecule has 0 saturated carbocycles. The maximum Gasteiger partial charge on any atom is -0.00199 e. The lowest BCUT2D eigenvalue weighted by Gasteiger charge is -2.20. The van der Waals surface area contributed by atoms with E-state index in [2.05, 4.69) is 388 Å². The van der Waals surface area contributed by atoms with Gasteiger partial charge >= 0.3 is 0 Å². The first-order valence-electron chi connectivity index (χ1n) is 34.7. The van der Waals surface area contributed by atoms with Crippen LogP contribution >= 0.6 is 0 Å². The van der Waals surface area contributed by atoms with Crippen molar-refractivity contribution in [2.45, 2.75) is 0 Å². The molecule has 0 nitrogen and oxygen atoms in total. The Bertz CT molecular complexity index is 6460. The molecule has 0 bridgehead atoms. The molecule has 0 unspecified atom stereocenters. The first-order valence-corrected chi connectivity index (χ1v) is 34.7. The molecule has 0 aliphatic heterocycles. The summed E-state index contributed by atoms with van der Waals surface area (Å²) in [6.07, 6.45) is 0. The monoisotopic (exact) mass is 1260 g/mol. The predicted molar refractivity (Wildman–Crippen MR) is 431 cm³/mol. The molecule has 0 saturated heterocycles. The Hall–Kier alpha value is -13.0. The maximum absolute atomic E-state index is 2.40. The normalized spacial score (nSPS) is 11.6. The highest BCUT2D eigenvalue weighted by Gasteiger charge is 2.22. The van der Waals surface area contributed by atoms with Gasteiger partial charge in [-0.2, -0.15) is 0 Å². The standard InChI is InChI=1S/C52H34.C48H30/c1-3-14-35(15-4-1)42-32-43(36-16-5-2-6-17-36)34-44(33-42)52-49-23-11-9-21-47(49)51(48-22-10-12-24-50(48)52)40-29-27-37-26-28-39(30-41(37)31-40)46-25-13-19-38-18-7-8-20-45(38)46;1-2-12-33-27-34(24-21-31(33)11-1)35-25-22-32-23-26-37(29-38(32)28-35)47-42-17-7-9-19-44(42)48(45-20-10-8-18-43(45)47)46-30-36-13-3-4-14-39(36)40-15-5-6-16-41(40)46/h1-34H;1-30H. The van der Waals surface area contributed by atoms with Crippen molar-refractivity contribution in [2.75, 3.05) is 0 Å². The fourth-order valence-electron chi connectivity index (χ4n) is 16.1. The molecule has 0 amide bonds. The third-order valence-electron chi connectivity index (χ3n) is 20.8. The average molecular weight is 1270 g/mol. The van der Waals surface area contributed by atoms with Crippen LogP contribution in [0.25, 0.3) is 197 Å². The first kappa shape index (κ1) is 58.4. The van der Waals surface area contributed by atoms with Gasteiger partial charge < -0.3 is 0 Å². The molecule has 0 aliphatic rings. The smallest absolute Gasteiger partial charge is 0.00199 e. The van der Waals surface area contributed by atoms with Crippen LogP contribution in [-0.2, 0) is 0 Å². The minimum absolute atomic E-state index is 1.21. The zero-order chi connectivity index (χ0) is 66.0. The van der Waals surface area contributed by atoms with Gasteiger partial charge in [0.05, 0.1) is 0 Å². The van der Waals surface area contributed by atoms with Gasteiger partial charge in [-0.15, -0.1) is 0 Å². The molecular formula is C100H64. The van der Waals surface area contributed by atoms with Gasteiger partial charge in [0.15, 0.2) is 0 Å². The molecule has 20 aromatic rings. The Balaban J connectivity index is 0.000000140. The highest BCUT2D eigenvalue weighted by molar-refractivity contribution is 6.27. The summed E-state index contributed by atoms with van der Waals surface area (Å²) < 4.78 is 0. The molecule has 0 atom stereocenters. The van der Waals surface area contributed by atoms with E-state index in [0.717, 1.165) is 0 Å². The Labute approximate surface area is 581 Å². The van der Waals surface area contributed by atoms with Crippen molar-refractivity contribution in [3.63, 3.8) is 0 Å². The van der Waals surface area contributed by atoms with E-state index in [4.69, 9.17) is 0 Å².